The SMILES string of the molecule is Cc1ccc(Cl)cc1OCCNC(C)C1CC1. The van der Waals surface area contributed by atoms with Gasteiger partial charge in [-0.2, -0.15) is 0 Å². The number of rotatable bonds is 6. The van der Waals surface area contributed by atoms with Gasteiger partial charge in [-0.3, -0.25) is 0 Å². The number of ether oxygens (including phenoxy) is 1. The first kappa shape index (κ1) is 12.7. The van der Waals surface area contributed by atoms with Gasteiger partial charge in [0.25, 0.3) is 0 Å². The molecule has 0 radical (unpaired) electrons. The highest BCUT2D eigenvalue weighted by Gasteiger charge is 2.27. The van der Waals surface area contributed by atoms with Gasteiger partial charge in [0.1, 0.15) is 12.4 Å². The summed E-state index contributed by atoms with van der Waals surface area (Å²) in [5.41, 5.74) is 1.13. The van der Waals surface area contributed by atoms with E-state index in [0.29, 0.717) is 12.6 Å². The molecule has 0 bridgehead atoms. The van der Waals surface area contributed by atoms with Crippen LogP contribution in [0, 0.1) is 12.8 Å². The van der Waals surface area contributed by atoms with E-state index in [-0.39, 0.29) is 0 Å². The molecule has 2 nitrogen and oxygen atoms in total. The van der Waals surface area contributed by atoms with Crippen molar-refractivity contribution in [2.24, 2.45) is 5.92 Å². The molecular weight excluding hydrogens is 234 g/mol. The van der Waals surface area contributed by atoms with Gasteiger partial charge in [-0.05, 0) is 50.3 Å². The zero-order valence-corrected chi connectivity index (χ0v) is 11.3. The quantitative estimate of drug-likeness (QED) is 0.785. The van der Waals surface area contributed by atoms with Crippen LogP contribution in [0.15, 0.2) is 18.2 Å². The third kappa shape index (κ3) is 3.90. The largest absolute Gasteiger partial charge is 0.492 e. The standard InChI is InChI=1S/C14H20ClNO/c1-10-3-6-13(15)9-14(10)17-8-7-16-11(2)12-4-5-12/h3,6,9,11-12,16H,4-5,7-8H2,1-2H3. The van der Waals surface area contributed by atoms with E-state index in [2.05, 4.69) is 12.2 Å². The number of hydrogen-bond acceptors (Lipinski definition) is 2. The summed E-state index contributed by atoms with van der Waals surface area (Å²) in [6.07, 6.45) is 2.75. The molecule has 0 aliphatic heterocycles. The minimum Gasteiger partial charge on any atom is -0.492 e. The Morgan fingerprint density at radius 2 is 2.24 bits per heavy atom. The molecule has 1 aliphatic carbocycles. The van der Waals surface area contributed by atoms with Crippen molar-refractivity contribution in [2.45, 2.75) is 32.7 Å². The Morgan fingerprint density at radius 3 is 2.94 bits per heavy atom. The fourth-order valence-corrected chi connectivity index (χ4v) is 2.10. The van der Waals surface area contributed by atoms with Crippen molar-refractivity contribution in [3.63, 3.8) is 0 Å². The fourth-order valence-electron chi connectivity index (χ4n) is 1.94. The zero-order chi connectivity index (χ0) is 12.3. The summed E-state index contributed by atoms with van der Waals surface area (Å²) in [5.74, 6) is 1.78. The van der Waals surface area contributed by atoms with Crippen LogP contribution in [0.1, 0.15) is 25.3 Å². The third-order valence-corrected chi connectivity index (χ3v) is 3.54. The lowest BCUT2D eigenvalue weighted by Crippen LogP contribution is -2.31. The number of benzene rings is 1. The Labute approximate surface area is 108 Å². The molecule has 0 spiro atoms. The van der Waals surface area contributed by atoms with Crippen LogP contribution >= 0.6 is 11.6 Å². The van der Waals surface area contributed by atoms with Crippen LogP contribution in [0.25, 0.3) is 0 Å². The summed E-state index contributed by atoms with van der Waals surface area (Å²) in [5, 5.41) is 4.22. The molecule has 0 saturated heterocycles. The molecule has 1 aromatic rings. The van der Waals surface area contributed by atoms with Gasteiger partial charge in [0, 0.05) is 17.6 Å². The second-order valence-electron chi connectivity index (χ2n) is 4.84. The van der Waals surface area contributed by atoms with Gasteiger partial charge < -0.3 is 10.1 Å². The van der Waals surface area contributed by atoms with Crippen molar-refractivity contribution < 1.29 is 4.74 Å². The molecule has 0 amide bonds. The van der Waals surface area contributed by atoms with Gasteiger partial charge in [-0.25, -0.2) is 0 Å². The Bertz CT molecular complexity index is 376. The predicted octanol–water partition coefficient (Wildman–Crippen LogP) is 3.42. The van der Waals surface area contributed by atoms with E-state index in [1.807, 2.05) is 25.1 Å². The predicted molar refractivity (Wildman–Crippen MR) is 71.9 cm³/mol. The molecule has 1 N–H and O–H groups in total. The molecule has 1 aliphatic rings. The smallest absolute Gasteiger partial charge is 0.123 e. The van der Waals surface area contributed by atoms with Gasteiger partial charge >= 0.3 is 0 Å². The van der Waals surface area contributed by atoms with Crippen LogP contribution in [0.2, 0.25) is 5.02 Å². The minimum atomic E-state index is 0.624. The van der Waals surface area contributed by atoms with Crippen molar-refractivity contribution in [1.29, 1.82) is 0 Å². The second kappa shape index (κ2) is 5.74. The van der Waals surface area contributed by atoms with E-state index in [1.165, 1.54) is 12.8 Å². The molecule has 1 unspecified atom stereocenters. The van der Waals surface area contributed by atoms with Crippen molar-refractivity contribution in [1.82, 2.24) is 5.32 Å². The normalized spacial score (nSPS) is 16.9. The topological polar surface area (TPSA) is 21.3 Å². The van der Waals surface area contributed by atoms with E-state index in [4.69, 9.17) is 16.3 Å². The highest BCUT2D eigenvalue weighted by atomic mass is 35.5. The maximum Gasteiger partial charge on any atom is 0.123 e. The number of halogens is 1. The average molecular weight is 254 g/mol. The third-order valence-electron chi connectivity index (χ3n) is 3.31. The number of nitrogens with one attached hydrogen (secondary N) is 1. The average Bonchev–Trinajstić information content (AvgIpc) is 3.12. The number of aryl methyl sites for hydroxylation is 1. The van der Waals surface area contributed by atoms with Crippen LogP contribution in [0.3, 0.4) is 0 Å². The van der Waals surface area contributed by atoms with Crippen LogP contribution < -0.4 is 10.1 Å². The summed E-state index contributed by atoms with van der Waals surface area (Å²) in [7, 11) is 0. The van der Waals surface area contributed by atoms with Crippen LogP contribution in [0.4, 0.5) is 0 Å². The monoisotopic (exact) mass is 253 g/mol. The number of hydrogen-bond donors (Lipinski definition) is 1. The Kier molecular flexibility index (Phi) is 4.30. The highest BCUT2D eigenvalue weighted by molar-refractivity contribution is 6.30. The summed E-state index contributed by atoms with van der Waals surface area (Å²) in [6, 6.07) is 6.37. The summed E-state index contributed by atoms with van der Waals surface area (Å²) in [4.78, 5) is 0. The second-order valence-corrected chi connectivity index (χ2v) is 5.27. The van der Waals surface area contributed by atoms with Gasteiger partial charge in [0.2, 0.25) is 0 Å². The zero-order valence-electron chi connectivity index (χ0n) is 10.5. The lowest BCUT2D eigenvalue weighted by atomic mass is 10.2. The lowest BCUT2D eigenvalue weighted by molar-refractivity contribution is 0.301. The molecule has 0 aromatic heterocycles. The maximum absolute atomic E-state index is 5.93. The maximum atomic E-state index is 5.93. The van der Waals surface area contributed by atoms with E-state index in [9.17, 15) is 0 Å². The van der Waals surface area contributed by atoms with Crippen LogP contribution in [0.5, 0.6) is 5.75 Å². The van der Waals surface area contributed by atoms with Gasteiger partial charge in [0.15, 0.2) is 0 Å². The van der Waals surface area contributed by atoms with Crippen LogP contribution in [-0.4, -0.2) is 19.2 Å². The Hall–Kier alpha value is -0.730. The first-order valence-corrected chi connectivity index (χ1v) is 6.67. The van der Waals surface area contributed by atoms with Crippen molar-refractivity contribution in [3.8, 4) is 5.75 Å². The minimum absolute atomic E-state index is 0.624. The van der Waals surface area contributed by atoms with E-state index in [0.717, 1.165) is 28.8 Å². The van der Waals surface area contributed by atoms with E-state index < -0.39 is 0 Å². The molecule has 2 rings (SSSR count). The van der Waals surface area contributed by atoms with Gasteiger partial charge in [-0.1, -0.05) is 17.7 Å². The lowest BCUT2D eigenvalue weighted by Gasteiger charge is -2.14. The van der Waals surface area contributed by atoms with Gasteiger partial charge in [0.05, 0.1) is 0 Å². The highest BCUT2D eigenvalue weighted by Crippen LogP contribution is 2.32. The molecule has 17 heavy (non-hydrogen) atoms. The first-order valence-electron chi connectivity index (χ1n) is 6.29. The molecule has 1 fully saturated rings. The molecule has 0 heterocycles. The van der Waals surface area contributed by atoms with E-state index in [1.54, 1.807) is 0 Å². The first-order chi connectivity index (χ1) is 8.16. The Morgan fingerprint density at radius 1 is 1.47 bits per heavy atom. The van der Waals surface area contributed by atoms with Crippen molar-refractivity contribution >= 4 is 11.6 Å². The van der Waals surface area contributed by atoms with Crippen LogP contribution in [-0.2, 0) is 0 Å². The van der Waals surface area contributed by atoms with Crippen molar-refractivity contribution in [3.05, 3.63) is 28.8 Å². The molecule has 94 valence electrons. The summed E-state index contributed by atoms with van der Waals surface area (Å²) < 4.78 is 5.72. The van der Waals surface area contributed by atoms with Crippen molar-refractivity contribution in [2.75, 3.05) is 13.2 Å². The molecule has 1 atom stereocenters. The Balaban J connectivity index is 1.71. The van der Waals surface area contributed by atoms with E-state index >= 15 is 0 Å². The molecular formula is C14H20ClNO. The fraction of sp³-hybridized carbons (Fsp3) is 0.571. The summed E-state index contributed by atoms with van der Waals surface area (Å²) >= 11 is 5.93. The molecule has 1 saturated carbocycles. The molecule has 3 heteroatoms. The summed E-state index contributed by atoms with van der Waals surface area (Å²) in [6.45, 7) is 5.87. The molecule has 1 aromatic carbocycles. The van der Waals surface area contributed by atoms with Gasteiger partial charge in [-0.15, -0.1) is 0 Å².